The first kappa shape index (κ1) is 38.9. The molecule has 1 aliphatic carbocycles. The van der Waals surface area contributed by atoms with Crippen LogP contribution in [0.3, 0.4) is 0 Å². The normalized spacial score (nSPS) is 22.5. The molecule has 0 heterocycles. The van der Waals surface area contributed by atoms with Crippen molar-refractivity contribution in [3.05, 3.63) is 47.5 Å². The SMILES string of the molecule is CCCCCC(O[Si](C)(C)C(C)(C)C)c1ccc([C@@H]2C(C/C=C\CCCC(=O)OC)[C@@H](O)C[C@@H]2O[Si](C)(C)C(C)(C)C)cc1. The summed E-state index contributed by atoms with van der Waals surface area (Å²) in [5, 5.41) is 11.6. The van der Waals surface area contributed by atoms with Gasteiger partial charge in [-0.2, -0.15) is 0 Å². The maximum absolute atomic E-state index is 11.5. The Hall–Kier alpha value is -1.26. The molecule has 0 aromatic heterocycles. The van der Waals surface area contributed by atoms with Gasteiger partial charge in [0.05, 0.1) is 25.4 Å². The average molecular weight is 647 g/mol. The fourth-order valence-corrected chi connectivity index (χ4v) is 8.36. The minimum atomic E-state index is -2.05. The summed E-state index contributed by atoms with van der Waals surface area (Å²) >= 11 is 0. The van der Waals surface area contributed by atoms with Crippen LogP contribution in [0.25, 0.3) is 0 Å². The van der Waals surface area contributed by atoms with Crippen LogP contribution in [0.1, 0.15) is 129 Å². The summed E-state index contributed by atoms with van der Waals surface area (Å²) in [7, 11) is -2.56. The van der Waals surface area contributed by atoms with Gasteiger partial charge < -0.3 is 18.7 Å². The van der Waals surface area contributed by atoms with E-state index in [9.17, 15) is 9.90 Å². The number of unbranched alkanes of at least 4 members (excludes halogenated alkanes) is 3. The van der Waals surface area contributed by atoms with Crippen molar-refractivity contribution in [2.24, 2.45) is 5.92 Å². The van der Waals surface area contributed by atoms with Crippen molar-refractivity contribution in [2.75, 3.05) is 7.11 Å². The number of allylic oxidation sites excluding steroid dienone is 2. The van der Waals surface area contributed by atoms with Crippen LogP contribution < -0.4 is 0 Å². The van der Waals surface area contributed by atoms with Gasteiger partial charge >= 0.3 is 5.97 Å². The van der Waals surface area contributed by atoms with Gasteiger partial charge in [-0.1, -0.05) is 104 Å². The molecule has 252 valence electrons. The van der Waals surface area contributed by atoms with Crippen molar-refractivity contribution in [2.45, 2.75) is 167 Å². The van der Waals surface area contributed by atoms with Gasteiger partial charge in [-0.15, -0.1) is 0 Å². The Morgan fingerprint density at radius 2 is 1.57 bits per heavy atom. The molecule has 1 aromatic carbocycles. The van der Waals surface area contributed by atoms with E-state index in [-0.39, 0.29) is 40.1 Å². The van der Waals surface area contributed by atoms with Crippen molar-refractivity contribution in [1.29, 1.82) is 0 Å². The largest absolute Gasteiger partial charge is 0.469 e. The fourth-order valence-electron chi connectivity index (χ4n) is 5.69. The second-order valence-electron chi connectivity index (χ2n) is 16.1. The molecule has 1 saturated carbocycles. The summed E-state index contributed by atoms with van der Waals surface area (Å²) in [5.41, 5.74) is 2.51. The number of ether oxygens (including phenoxy) is 1. The van der Waals surface area contributed by atoms with Gasteiger partial charge in [-0.3, -0.25) is 4.79 Å². The van der Waals surface area contributed by atoms with Crippen molar-refractivity contribution >= 4 is 22.6 Å². The molecule has 0 radical (unpaired) electrons. The number of aliphatic hydroxyl groups is 1. The number of carbonyl (C=O) groups is 1. The van der Waals surface area contributed by atoms with E-state index in [1.165, 1.54) is 37.5 Å². The molecule has 1 N–H and O–H groups in total. The third-order valence-corrected chi connectivity index (χ3v) is 19.6. The molecule has 2 rings (SSSR count). The van der Waals surface area contributed by atoms with Crippen molar-refractivity contribution < 1.29 is 23.5 Å². The molecular formula is C37H66O5Si2. The summed E-state index contributed by atoms with van der Waals surface area (Å²) in [6.07, 6.45) is 12.1. The molecule has 0 saturated heterocycles. The maximum atomic E-state index is 11.5. The number of hydrogen-bond donors (Lipinski definition) is 1. The van der Waals surface area contributed by atoms with E-state index in [0.29, 0.717) is 12.8 Å². The predicted octanol–water partition coefficient (Wildman–Crippen LogP) is 10.5. The van der Waals surface area contributed by atoms with Gasteiger partial charge in [0.1, 0.15) is 0 Å². The van der Waals surface area contributed by atoms with Crippen LogP contribution >= 0.6 is 0 Å². The third-order valence-electron chi connectivity index (χ3n) is 10.6. The van der Waals surface area contributed by atoms with Crippen molar-refractivity contribution in [3.8, 4) is 0 Å². The molecule has 1 fully saturated rings. The van der Waals surface area contributed by atoms with E-state index < -0.39 is 22.7 Å². The molecule has 7 heteroatoms. The zero-order valence-corrected chi connectivity index (χ0v) is 32.3. The fraction of sp³-hybridized carbons (Fsp3) is 0.757. The van der Waals surface area contributed by atoms with Gasteiger partial charge in [0.2, 0.25) is 0 Å². The first-order valence-electron chi connectivity index (χ1n) is 17.2. The lowest BCUT2D eigenvalue weighted by atomic mass is 9.84. The third kappa shape index (κ3) is 10.9. The lowest BCUT2D eigenvalue weighted by Crippen LogP contribution is -2.44. The van der Waals surface area contributed by atoms with Crippen LogP contribution in [-0.4, -0.2) is 47.0 Å². The van der Waals surface area contributed by atoms with E-state index in [1.54, 1.807) is 0 Å². The maximum Gasteiger partial charge on any atom is 0.305 e. The summed E-state index contributed by atoms with van der Waals surface area (Å²) in [5.74, 6) is 0.0325. The number of esters is 1. The topological polar surface area (TPSA) is 65.0 Å². The molecule has 0 bridgehead atoms. The Balaban J connectivity index is 2.37. The Kier molecular flexibility index (Phi) is 14.6. The van der Waals surface area contributed by atoms with Gasteiger partial charge in [0.15, 0.2) is 16.6 Å². The number of carbonyl (C=O) groups excluding carboxylic acids is 1. The zero-order valence-electron chi connectivity index (χ0n) is 30.3. The van der Waals surface area contributed by atoms with E-state index in [1.807, 2.05) is 0 Å². The highest BCUT2D eigenvalue weighted by Crippen LogP contribution is 2.48. The predicted molar refractivity (Wildman–Crippen MR) is 190 cm³/mol. The molecule has 5 nitrogen and oxygen atoms in total. The highest BCUT2D eigenvalue weighted by molar-refractivity contribution is 6.74. The monoisotopic (exact) mass is 646 g/mol. The minimum Gasteiger partial charge on any atom is -0.469 e. The number of benzene rings is 1. The van der Waals surface area contributed by atoms with Gasteiger partial charge in [-0.25, -0.2) is 0 Å². The summed E-state index contributed by atoms with van der Waals surface area (Å²) in [6.45, 7) is 25.4. The molecule has 0 aliphatic heterocycles. The number of hydrogen-bond acceptors (Lipinski definition) is 5. The number of aliphatic hydroxyl groups excluding tert-OH is 1. The quantitative estimate of drug-likeness (QED) is 0.0838. The van der Waals surface area contributed by atoms with Crippen molar-refractivity contribution in [3.63, 3.8) is 0 Å². The molecule has 5 atom stereocenters. The molecule has 0 spiro atoms. The summed E-state index contributed by atoms with van der Waals surface area (Å²) in [4.78, 5) is 11.5. The highest BCUT2D eigenvalue weighted by atomic mass is 28.4. The van der Waals surface area contributed by atoms with E-state index in [4.69, 9.17) is 13.6 Å². The summed E-state index contributed by atoms with van der Waals surface area (Å²) in [6, 6.07) is 9.14. The van der Waals surface area contributed by atoms with Crippen LogP contribution in [0, 0.1) is 5.92 Å². The van der Waals surface area contributed by atoms with Gasteiger partial charge in [0, 0.05) is 12.3 Å². The Morgan fingerprint density at radius 3 is 2.11 bits per heavy atom. The van der Waals surface area contributed by atoms with Crippen molar-refractivity contribution in [1.82, 2.24) is 0 Å². The average Bonchev–Trinajstić information content (AvgIpc) is 3.22. The Bertz CT molecular complexity index is 1040. The van der Waals surface area contributed by atoms with E-state index >= 15 is 0 Å². The second kappa shape index (κ2) is 16.5. The Morgan fingerprint density at radius 1 is 0.955 bits per heavy atom. The highest BCUT2D eigenvalue weighted by Gasteiger charge is 2.48. The van der Waals surface area contributed by atoms with Crippen LogP contribution in [0.5, 0.6) is 0 Å². The lowest BCUT2D eigenvalue weighted by Gasteiger charge is -2.40. The van der Waals surface area contributed by atoms with Gasteiger partial charge in [-0.05, 0) is 85.4 Å². The van der Waals surface area contributed by atoms with E-state index in [2.05, 4.69) is 111 Å². The van der Waals surface area contributed by atoms with E-state index in [0.717, 1.165) is 25.7 Å². The zero-order chi connectivity index (χ0) is 33.3. The molecule has 1 aromatic rings. The standard InChI is InChI=1S/C37H66O5Si2/c1-13-14-17-21-32(41-43(9,10)36(2,3)4)28-23-25-29(26-24-28)35-30(20-18-15-16-19-22-34(39)40-8)31(38)27-33(35)42-44(11,12)37(5,6)7/h15,18,23-26,30-33,35,38H,13-14,16-17,19-22,27H2,1-12H3/b18-15-/t30?,31-,32?,33-,35+/m0/s1. The van der Waals surface area contributed by atoms with Crippen LogP contribution in [0.15, 0.2) is 36.4 Å². The molecule has 1 aliphatic rings. The minimum absolute atomic E-state index is 0.0155. The molecular weight excluding hydrogens is 581 g/mol. The number of rotatable bonds is 16. The first-order valence-corrected chi connectivity index (χ1v) is 23.0. The lowest BCUT2D eigenvalue weighted by molar-refractivity contribution is -0.140. The molecule has 2 unspecified atom stereocenters. The van der Waals surface area contributed by atoms with Gasteiger partial charge in [0.25, 0.3) is 0 Å². The number of methoxy groups -OCH3 is 1. The smallest absolute Gasteiger partial charge is 0.305 e. The van der Waals surface area contributed by atoms with Crippen LogP contribution in [0.4, 0.5) is 0 Å². The first-order chi connectivity index (χ1) is 20.3. The summed E-state index contributed by atoms with van der Waals surface area (Å²) < 4.78 is 18.8. The van der Waals surface area contributed by atoms with Crippen LogP contribution in [0.2, 0.25) is 36.3 Å². The molecule has 44 heavy (non-hydrogen) atoms. The Labute approximate surface area is 272 Å². The molecule has 0 amide bonds. The van der Waals surface area contributed by atoms with Crippen LogP contribution in [-0.2, 0) is 18.4 Å². The second-order valence-corrected chi connectivity index (χ2v) is 25.6.